The van der Waals surface area contributed by atoms with Crippen LogP contribution in [0.5, 0.6) is 0 Å². The van der Waals surface area contributed by atoms with Gasteiger partial charge in [0.05, 0.1) is 18.6 Å². The number of aromatic nitrogens is 1. The van der Waals surface area contributed by atoms with E-state index in [0.717, 1.165) is 0 Å². The van der Waals surface area contributed by atoms with E-state index in [1.165, 1.54) is 4.57 Å². The van der Waals surface area contributed by atoms with Crippen LogP contribution in [-0.4, -0.2) is 46.1 Å². The van der Waals surface area contributed by atoms with Crippen molar-refractivity contribution in [1.82, 2.24) is 9.88 Å². The molecule has 9 heteroatoms. The molecule has 1 heterocycles. The summed E-state index contributed by atoms with van der Waals surface area (Å²) in [6, 6.07) is 7.78. The number of benzene rings is 1. The predicted octanol–water partition coefficient (Wildman–Crippen LogP) is 2.85. The minimum Gasteiger partial charge on any atom is -0.481 e. The third kappa shape index (κ3) is 7.26. The molecule has 0 fully saturated rings. The second-order valence-corrected chi connectivity index (χ2v) is 7.72. The number of hydrogen-bond acceptors (Lipinski definition) is 5. The Bertz CT molecular complexity index is 922. The number of carbonyl (C=O) groups excluding carboxylic acids is 3. The Balaban J connectivity index is 2.12. The maximum absolute atomic E-state index is 12.9. The molecule has 0 aliphatic heterocycles. The quantitative estimate of drug-likeness (QED) is 0.459. The van der Waals surface area contributed by atoms with Gasteiger partial charge in [-0.05, 0) is 55.7 Å². The van der Waals surface area contributed by atoms with Gasteiger partial charge in [0.25, 0.3) is 0 Å². The van der Waals surface area contributed by atoms with Crippen molar-refractivity contribution in [3.8, 4) is 0 Å². The van der Waals surface area contributed by atoms with E-state index in [4.69, 9.17) is 4.74 Å². The minimum absolute atomic E-state index is 0.0988. The molecule has 2 aromatic rings. The molecule has 32 heavy (non-hydrogen) atoms. The second kappa shape index (κ2) is 11.7. The van der Waals surface area contributed by atoms with Crippen LogP contribution in [0.3, 0.4) is 0 Å². The third-order valence-corrected chi connectivity index (χ3v) is 4.66. The maximum Gasteiger partial charge on any atom is 0.338 e. The van der Waals surface area contributed by atoms with Crippen molar-refractivity contribution in [1.29, 1.82) is 0 Å². The van der Waals surface area contributed by atoms with Gasteiger partial charge in [-0.2, -0.15) is 0 Å². The first kappa shape index (κ1) is 24.6. The highest BCUT2D eigenvalue weighted by Crippen LogP contribution is 2.16. The van der Waals surface area contributed by atoms with E-state index in [9.17, 15) is 24.3 Å². The van der Waals surface area contributed by atoms with Gasteiger partial charge in [0.15, 0.2) is 0 Å². The van der Waals surface area contributed by atoms with Gasteiger partial charge in [-0.1, -0.05) is 13.8 Å². The van der Waals surface area contributed by atoms with Crippen molar-refractivity contribution in [3.63, 3.8) is 0 Å². The van der Waals surface area contributed by atoms with Crippen molar-refractivity contribution in [3.05, 3.63) is 54.4 Å². The van der Waals surface area contributed by atoms with Crippen LogP contribution in [-0.2, 0) is 19.1 Å². The fourth-order valence-corrected chi connectivity index (χ4v) is 3.16. The summed E-state index contributed by atoms with van der Waals surface area (Å²) in [6.07, 6.45) is 3.17. The third-order valence-electron chi connectivity index (χ3n) is 4.66. The summed E-state index contributed by atoms with van der Waals surface area (Å²) in [5.41, 5.74) is 0.818. The molecule has 1 aromatic carbocycles. The maximum atomic E-state index is 12.9. The molecule has 0 aliphatic rings. The Kier molecular flexibility index (Phi) is 9.00. The molecular formula is C23H29N3O6. The number of hydrogen-bond donors (Lipinski definition) is 3. The number of amides is 2. The van der Waals surface area contributed by atoms with Crippen molar-refractivity contribution in [2.45, 2.75) is 45.7 Å². The zero-order valence-corrected chi connectivity index (χ0v) is 18.4. The van der Waals surface area contributed by atoms with Gasteiger partial charge in [0, 0.05) is 18.1 Å². The Labute approximate surface area is 186 Å². The van der Waals surface area contributed by atoms with Crippen molar-refractivity contribution < 1.29 is 29.0 Å². The summed E-state index contributed by atoms with van der Waals surface area (Å²) >= 11 is 0. The zero-order valence-electron chi connectivity index (χ0n) is 18.4. The van der Waals surface area contributed by atoms with Gasteiger partial charge in [-0.3, -0.25) is 14.4 Å². The zero-order chi connectivity index (χ0) is 23.7. The average Bonchev–Trinajstić information content (AvgIpc) is 3.26. The molecule has 2 amide bonds. The normalized spacial score (nSPS) is 12.6. The van der Waals surface area contributed by atoms with Crippen LogP contribution in [0.4, 0.5) is 5.69 Å². The molecule has 3 N–H and O–H groups in total. The number of esters is 1. The van der Waals surface area contributed by atoms with Gasteiger partial charge in [0.2, 0.25) is 11.8 Å². The van der Waals surface area contributed by atoms with E-state index >= 15 is 0 Å². The van der Waals surface area contributed by atoms with Crippen LogP contribution in [0.2, 0.25) is 0 Å². The molecule has 172 valence electrons. The topological polar surface area (TPSA) is 127 Å². The highest BCUT2D eigenvalue weighted by atomic mass is 16.5. The number of aliphatic carboxylic acids is 1. The summed E-state index contributed by atoms with van der Waals surface area (Å²) in [4.78, 5) is 48.8. The second-order valence-electron chi connectivity index (χ2n) is 7.72. The van der Waals surface area contributed by atoms with E-state index in [2.05, 4.69) is 10.6 Å². The summed E-state index contributed by atoms with van der Waals surface area (Å²) in [5, 5.41) is 14.6. The lowest BCUT2D eigenvalue weighted by atomic mass is 10.0. The van der Waals surface area contributed by atoms with Crippen LogP contribution >= 0.6 is 0 Å². The predicted molar refractivity (Wildman–Crippen MR) is 118 cm³/mol. The molecular weight excluding hydrogens is 414 g/mol. The van der Waals surface area contributed by atoms with Gasteiger partial charge in [-0.25, -0.2) is 4.79 Å². The highest BCUT2D eigenvalue weighted by Gasteiger charge is 2.28. The molecule has 0 bridgehead atoms. The lowest BCUT2D eigenvalue weighted by Gasteiger charge is -2.24. The molecule has 0 aliphatic carbocycles. The van der Waals surface area contributed by atoms with Gasteiger partial charge >= 0.3 is 11.9 Å². The summed E-state index contributed by atoms with van der Waals surface area (Å²) in [6.45, 7) is 5.81. The van der Waals surface area contributed by atoms with E-state index in [-0.39, 0.29) is 12.5 Å². The lowest BCUT2D eigenvalue weighted by molar-refractivity contribution is -0.141. The molecule has 0 saturated carbocycles. The first-order valence-corrected chi connectivity index (χ1v) is 10.4. The van der Waals surface area contributed by atoms with E-state index in [1.54, 1.807) is 55.7 Å². The number of anilines is 1. The van der Waals surface area contributed by atoms with Crippen LogP contribution in [0.15, 0.2) is 48.8 Å². The standard InChI is InChI=1S/C23H29N3O6/c1-4-32-23(31)16-7-9-17(10-8-16)24-21(29)18(13-15(2)3)25-22(30)19(14-20(27)28)26-11-5-6-12-26/h5-12,15,18-19H,4,13-14H2,1-3H3,(H,24,29)(H,25,30)(H,27,28)/t18-,19?/m0/s1. The Morgan fingerprint density at radius 1 is 1.03 bits per heavy atom. The molecule has 1 unspecified atom stereocenters. The molecule has 1 aromatic heterocycles. The Morgan fingerprint density at radius 2 is 1.66 bits per heavy atom. The lowest BCUT2D eigenvalue weighted by Crippen LogP contribution is -2.47. The fourth-order valence-electron chi connectivity index (χ4n) is 3.16. The van der Waals surface area contributed by atoms with E-state index < -0.39 is 42.3 Å². The molecule has 2 rings (SSSR count). The van der Waals surface area contributed by atoms with Crippen molar-refractivity contribution in [2.75, 3.05) is 11.9 Å². The molecule has 9 nitrogen and oxygen atoms in total. The van der Waals surface area contributed by atoms with E-state index in [1.807, 2.05) is 13.8 Å². The summed E-state index contributed by atoms with van der Waals surface area (Å²) in [5.74, 6) is -2.46. The number of rotatable bonds is 11. The monoisotopic (exact) mass is 443 g/mol. The first-order chi connectivity index (χ1) is 15.2. The molecule has 0 spiro atoms. The average molecular weight is 444 g/mol. The number of carbonyl (C=O) groups is 4. The van der Waals surface area contributed by atoms with Crippen molar-refractivity contribution in [2.24, 2.45) is 5.92 Å². The first-order valence-electron chi connectivity index (χ1n) is 10.4. The number of ether oxygens (including phenoxy) is 1. The van der Waals surface area contributed by atoms with Gasteiger partial charge < -0.3 is 25.0 Å². The van der Waals surface area contributed by atoms with Crippen LogP contribution in [0.1, 0.15) is 50.0 Å². The summed E-state index contributed by atoms with van der Waals surface area (Å²) in [7, 11) is 0. The van der Waals surface area contributed by atoms with Crippen LogP contribution < -0.4 is 10.6 Å². The number of carboxylic acids is 1. The molecule has 0 radical (unpaired) electrons. The smallest absolute Gasteiger partial charge is 0.338 e. The van der Waals surface area contributed by atoms with Gasteiger partial charge in [-0.15, -0.1) is 0 Å². The Hall–Kier alpha value is -3.62. The largest absolute Gasteiger partial charge is 0.481 e. The molecule has 2 atom stereocenters. The SMILES string of the molecule is CCOC(=O)c1ccc(NC(=O)[C@H](CC(C)C)NC(=O)C(CC(=O)O)n2cccc2)cc1. The highest BCUT2D eigenvalue weighted by molar-refractivity contribution is 5.98. The van der Waals surface area contributed by atoms with Crippen LogP contribution in [0.25, 0.3) is 0 Å². The fraction of sp³-hybridized carbons (Fsp3) is 0.391. The number of nitrogens with one attached hydrogen (secondary N) is 2. The van der Waals surface area contributed by atoms with Crippen LogP contribution in [0, 0.1) is 5.92 Å². The Morgan fingerprint density at radius 3 is 2.19 bits per heavy atom. The summed E-state index contributed by atoms with van der Waals surface area (Å²) < 4.78 is 6.44. The number of carboxylic acid groups (broad SMARTS) is 1. The van der Waals surface area contributed by atoms with Crippen molar-refractivity contribution >= 4 is 29.4 Å². The van der Waals surface area contributed by atoms with E-state index in [0.29, 0.717) is 17.7 Å². The van der Waals surface area contributed by atoms with Gasteiger partial charge in [0.1, 0.15) is 12.1 Å². The number of nitrogens with zero attached hydrogens (tertiary/aromatic N) is 1. The molecule has 0 saturated heterocycles. The minimum atomic E-state index is -1.12.